The van der Waals surface area contributed by atoms with Gasteiger partial charge in [0.05, 0.1) is 0 Å². The van der Waals surface area contributed by atoms with Crippen LogP contribution in [0.2, 0.25) is 0 Å². The molecule has 0 amide bonds. The normalized spacial score (nSPS) is 23.3. The van der Waals surface area contributed by atoms with E-state index in [0.29, 0.717) is 17.9 Å². The Morgan fingerprint density at radius 1 is 1.44 bits per heavy atom. The zero-order valence-corrected chi connectivity index (χ0v) is 10.8. The lowest BCUT2D eigenvalue weighted by Crippen LogP contribution is -2.40. The van der Waals surface area contributed by atoms with Crippen molar-refractivity contribution < 1.29 is 0 Å². The summed E-state index contributed by atoms with van der Waals surface area (Å²) in [5, 5.41) is 3.51. The van der Waals surface area contributed by atoms with Crippen LogP contribution in [0, 0.1) is 6.92 Å². The smallest absolute Gasteiger partial charge is 0.252 e. The van der Waals surface area contributed by atoms with Crippen molar-refractivity contribution in [1.29, 1.82) is 0 Å². The Hall–Kier alpha value is -1.36. The maximum absolute atomic E-state index is 11.6. The maximum Gasteiger partial charge on any atom is 0.252 e. The van der Waals surface area contributed by atoms with Crippen LogP contribution in [0.4, 0.5) is 5.82 Å². The molecule has 1 aliphatic carbocycles. The van der Waals surface area contributed by atoms with Crippen molar-refractivity contribution in [2.24, 2.45) is 0 Å². The van der Waals surface area contributed by atoms with Crippen LogP contribution >= 0.6 is 0 Å². The van der Waals surface area contributed by atoms with E-state index in [4.69, 9.17) is 0 Å². The number of anilines is 1. The summed E-state index contributed by atoms with van der Waals surface area (Å²) >= 11 is 0. The minimum absolute atomic E-state index is 0.0532. The van der Waals surface area contributed by atoms with Crippen molar-refractivity contribution >= 4 is 5.82 Å². The molecular formula is C13H20N4O. The molecule has 3 rings (SSSR count). The molecule has 0 radical (unpaired) electrons. The molecule has 2 heterocycles. The summed E-state index contributed by atoms with van der Waals surface area (Å²) in [6.07, 6.45) is 4.93. The predicted molar refractivity (Wildman–Crippen MR) is 71.0 cm³/mol. The van der Waals surface area contributed by atoms with Gasteiger partial charge in [-0.3, -0.25) is 4.79 Å². The molecule has 5 nitrogen and oxygen atoms in total. The first kappa shape index (κ1) is 11.7. The average Bonchev–Trinajstić information content (AvgIpc) is 3.02. The van der Waals surface area contributed by atoms with Crippen LogP contribution in [0.5, 0.6) is 0 Å². The molecular weight excluding hydrogens is 228 g/mol. The highest BCUT2D eigenvalue weighted by Gasteiger charge is 2.32. The first-order valence-electron chi connectivity index (χ1n) is 6.80. The third-order valence-electron chi connectivity index (χ3n) is 3.71. The number of nitrogens with zero attached hydrogens (tertiary/aromatic N) is 2. The largest absolute Gasteiger partial charge is 0.352 e. The van der Waals surface area contributed by atoms with Crippen LogP contribution in [0.25, 0.3) is 0 Å². The van der Waals surface area contributed by atoms with Crippen LogP contribution in [0.15, 0.2) is 10.9 Å². The second-order valence-electron chi connectivity index (χ2n) is 5.37. The van der Waals surface area contributed by atoms with Gasteiger partial charge in [0.2, 0.25) is 0 Å². The number of nitrogens with one attached hydrogen (secondary N) is 2. The molecule has 0 bridgehead atoms. The number of aromatic nitrogens is 2. The quantitative estimate of drug-likeness (QED) is 0.827. The van der Waals surface area contributed by atoms with Gasteiger partial charge in [-0.05, 0) is 39.2 Å². The molecule has 1 unspecified atom stereocenters. The van der Waals surface area contributed by atoms with E-state index in [9.17, 15) is 4.79 Å². The molecule has 0 spiro atoms. The summed E-state index contributed by atoms with van der Waals surface area (Å²) < 4.78 is 0. The molecule has 98 valence electrons. The number of hydrogen-bond acceptors (Lipinski definition) is 4. The van der Waals surface area contributed by atoms with Crippen molar-refractivity contribution in [2.45, 2.75) is 44.7 Å². The SMILES string of the molecule is Cc1nc(N(CC2CCCN2)C2CC2)cc(=O)[nH]1. The topological polar surface area (TPSA) is 61.0 Å². The van der Waals surface area contributed by atoms with E-state index in [1.807, 2.05) is 6.92 Å². The van der Waals surface area contributed by atoms with Gasteiger partial charge in [-0.15, -0.1) is 0 Å². The van der Waals surface area contributed by atoms with Gasteiger partial charge in [0.15, 0.2) is 0 Å². The van der Waals surface area contributed by atoms with E-state index in [-0.39, 0.29) is 5.56 Å². The molecule has 1 saturated carbocycles. The van der Waals surface area contributed by atoms with Crippen molar-refractivity contribution in [3.63, 3.8) is 0 Å². The van der Waals surface area contributed by atoms with E-state index in [0.717, 1.165) is 18.9 Å². The number of H-pyrrole nitrogens is 1. The summed E-state index contributed by atoms with van der Waals surface area (Å²) in [4.78, 5) is 21.1. The predicted octanol–water partition coefficient (Wildman–Crippen LogP) is 0.799. The summed E-state index contributed by atoms with van der Waals surface area (Å²) in [6, 6.07) is 2.76. The zero-order valence-electron chi connectivity index (χ0n) is 10.8. The minimum atomic E-state index is -0.0532. The second kappa shape index (κ2) is 4.72. The van der Waals surface area contributed by atoms with Gasteiger partial charge in [0.1, 0.15) is 11.6 Å². The number of rotatable bonds is 4. The molecule has 1 saturated heterocycles. The van der Waals surface area contributed by atoms with E-state index in [1.54, 1.807) is 6.07 Å². The van der Waals surface area contributed by atoms with Crippen LogP contribution in [0.3, 0.4) is 0 Å². The first-order chi connectivity index (χ1) is 8.72. The molecule has 5 heteroatoms. The van der Waals surface area contributed by atoms with Crippen molar-refractivity contribution in [3.8, 4) is 0 Å². The van der Waals surface area contributed by atoms with Crippen molar-refractivity contribution in [1.82, 2.24) is 15.3 Å². The van der Waals surface area contributed by atoms with Gasteiger partial charge in [-0.1, -0.05) is 0 Å². The highest BCUT2D eigenvalue weighted by Crippen LogP contribution is 2.30. The van der Waals surface area contributed by atoms with Crippen molar-refractivity contribution in [2.75, 3.05) is 18.0 Å². The lowest BCUT2D eigenvalue weighted by atomic mass is 10.2. The monoisotopic (exact) mass is 248 g/mol. The van der Waals surface area contributed by atoms with Crippen LogP contribution in [-0.4, -0.2) is 35.1 Å². The van der Waals surface area contributed by atoms with Gasteiger partial charge in [0, 0.05) is 24.7 Å². The van der Waals surface area contributed by atoms with Crippen LogP contribution < -0.4 is 15.8 Å². The maximum atomic E-state index is 11.6. The Bertz CT molecular complexity index is 474. The van der Waals surface area contributed by atoms with Gasteiger partial charge < -0.3 is 15.2 Å². The Balaban J connectivity index is 1.81. The summed E-state index contributed by atoms with van der Waals surface area (Å²) in [6.45, 7) is 3.93. The van der Waals surface area contributed by atoms with Gasteiger partial charge in [0.25, 0.3) is 5.56 Å². The van der Waals surface area contributed by atoms with E-state index < -0.39 is 0 Å². The Morgan fingerprint density at radius 2 is 2.28 bits per heavy atom. The molecule has 0 aromatic carbocycles. The molecule has 2 fully saturated rings. The Kier molecular flexibility index (Phi) is 3.07. The molecule has 1 aromatic rings. The molecule has 1 aromatic heterocycles. The molecule has 18 heavy (non-hydrogen) atoms. The standard InChI is InChI=1S/C13H20N4O/c1-9-15-12(7-13(18)16-9)17(11-4-5-11)8-10-3-2-6-14-10/h7,10-11,14H,2-6,8H2,1H3,(H,15,16,18). The minimum Gasteiger partial charge on any atom is -0.352 e. The molecule has 1 aliphatic heterocycles. The van der Waals surface area contributed by atoms with E-state index in [1.165, 1.54) is 25.7 Å². The zero-order chi connectivity index (χ0) is 12.5. The van der Waals surface area contributed by atoms with E-state index >= 15 is 0 Å². The fraction of sp³-hybridized carbons (Fsp3) is 0.692. The first-order valence-corrected chi connectivity index (χ1v) is 6.80. The summed E-state index contributed by atoms with van der Waals surface area (Å²) in [7, 11) is 0. The molecule has 2 aliphatic rings. The van der Waals surface area contributed by atoms with E-state index in [2.05, 4.69) is 20.2 Å². The van der Waals surface area contributed by atoms with Crippen molar-refractivity contribution in [3.05, 3.63) is 22.2 Å². The average molecular weight is 248 g/mol. The number of aromatic amines is 1. The lowest BCUT2D eigenvalue weighted by Gasteiger charge is -2.26. The summed E-state index contributed by atoms with van der Waals surface area (Å²) in [5.74, 6) is 1.54. The van der Waals surface area contributed by atoms with Crippen LogP contribution in [0.1, 0.15) is 31.5 Å². The third kappa shape index (κ3) is 2.56. The lowest BCUT2D eigenvalue weighted by molar-refractivity contribution is 0.574. The third-order valence-corrected chi connectivity index (χ3v) is 3.71. The molecule has 1 atom stereocenters. The second-order valence-corrected chi connectivity index (χ2v) is 5.37. The van der Waals surface area contributed by atoms with Gasteiger partial charge >= 0.3 is 0 Å². The Labute approximate surface area is 107 Å². The van der Waals surface area contributed by atoms with Gasteiger partial charge in [-0.2, -0.15) is 0 Å². The van der Waals surface area contributed by atoms with Crippen LogP contribution in [-0.2, 0) is 0 Å². The summed E-state index contributed by atoms with van der Waals surface area (Å²) in [5.41, 5.74) is -0.0532. The Morgan fingerprint density at radius 3 is 2.89 bits per heavy atom. The molecule has 2 N–H and O–H groups in total. The fourth-order valence-corrected chi connectivity index (χ4v) is 2.68. The number of aryl methyl sites for hydroxylation is 1. The fourth-order valence-electron chi connectivity index (χ4n) is 2.68. The van der Waals surface area contributed by atoms with Gasteiger partial charge in [-0.25, -0.2) is 4.98 Å². The highest BCUT2D eigenvalue weighted by atomic mass is 16.1. The highest BCUT2D eigenvalue weighted by molar-refractivity contribution is 5.41. The number of hydrogen-bond donors (Lipinski definition) is 2.